The minimum absolute atomic E-state index is 0.175. The first-order chi connectivity index (χ1) is 12.2. The number of piperidine rings is 1. The summed E-state index contributed by atoms with van der Waals surface area (Å²) in [6.07, 6.45) is 3.35. The number of hydrogen-bond donors (Lipinski definition) is 2. The summed E-state index contributed by atoms with van der Waals surface area (Å²) in [5, 5.41) is 16.7. The van der Waals surface area contributed by atoms with Crippen LogP contribution in [0.4, 0.5) is 10.5 Å². The average Bonchev–Trinajstić information content (AvgIpc) is 2.95. The molecule has 2 amide bonds. The molecule has 0 saturated carbocycles. The Morgan fingerprint density at radius 2 is 2.00 bits per heavy atom. The van der Waals surface area contributed by atoms with Crippen molar-refractivity contribution in [2.45, 2.75) is 59.9 Å². The number of aryl methyl sites for hydroxylation is 1. The normalized spacial score (nSPS) is 20.7. The van der Waals surface area contributed by atoms with Crippen molar-refractivity contribution in [2.24, 2.45) is 17.8 Å². The number of carbonyl (C=O) groups excluding carboxylic acids is 1. The number of anilines is 1. The molecular weight excluding hydrogens is 332 g/mol. The number of rotatable bonds is 6. The van der Waals surface area contributed by atoms with Gasteiger partial charge in [0.05, 0.1) is 23.5 Å². The van der Waals surface area contributed by atoms with Crippen molar-refractivity contribution < 1.29 is 14.7 Å². The molecule has 0 aliphatic carbocycles. The van der Waals surface area contributed by atoms with Crippen molar-refractivity contribution in [1.29, 1.82) is 0 Å². The number of carboxylic acid groups (broad SMARTS) is 1. The molecule has 1 aliphatic heterocycles. The van der Waals surface area contributed by atoms with Crippen molar-refractivity contribution in [3.05, 3.63) is 11.9 Å². The van der Waals surface area contributed by atoms with Gasteiger partial charge in [-0.3, -0.25) is 9.48 Å². The quantitative estimate of drug-likeness (QED) is 0.807. The van der Waals surface area contributed by atoms with Gasteiger partial charge in [-0.2, -0.15) is 5.10 Å². The standard InChI is InChI=1S/C19H32N4O3/c1-12(2)6-7-23-17(13(3)4)16(9-20-23)21-19(26)22-10-14(5)8-15(11-22)18(24)25/h9,12-15H,6-8,10-11H2,1-5H3,(H,21,26)(H,24,25). The fourth-order valence-corrected chi connectivity index (χ4v) is 3.55. The van der Waals surface area contributed by atoms with E-state index in [9.17, 15) is 14.7 Å². The van der Waals surface area contributed by atoms with Gasteiger partial charge in [-0.1, -0.05) is 34.6 Å². The minimum Gasteiger partial charge on any atom is -0.481 e. The van der Waals surface area contributed by atoms with Crippen LogP contribution in [0.25, 0.3) is 0 Å². The van der Waals surface area contributed by atoms with E-state index < -0.39 is 11.9 Å². The van der Waals surface area contributed by atoms with E-state index in [1.165, 1.54) is 0 Å². The summed E-state index contributed by atoms with van der Waals surface area (Å²) < 4.78 is 1.97. The van der Waals surface area contributed by atoms with Gasteiger partial charge in [0.25, 0.3) is 0 Å². The number of aromatic nitrogens is 2. The zero-order chi connectivity index (χ0) is 19.4. The second-order valence-electron chi connectivity index (χ2n) is 8.22. The predicted octanol–water partition coefficient (Wildman–Crippen LogP) is 3.63. The third kappa shape index (κ3) is 4.99. The zero-order valence-corrected chi connectivity index (χ0v) is 16.5. The fourth-order valence-electron chi connectivity index (χ4n) is 3.55. The average molecular weight is 364 g/mol. The van der Waals surface area contributed by atoms with E-state index in [0.717, 1.165) is 24.3 Å². The highest BCUT2D eigenvalue weighted by Gasteiger charge is 2.32. The summed E-state index contributed by atoms with van der Waals surface area (Å²) in [7, 11) is 0. The van der Waals surface area contributed by atoms with Gasteiger partial charge in [0.1, 0.15) is 0 Å². The van der Waals surface area contributed by atoms with Gasteiger partial charge in [0, 0.05) is 19.6 Å². The van der Waals surface area contributed by atoms with E-state index in [-0.39, 0.29) is 24.4 Å². The first-order valence-corrected chi connectivity index (χ1v) is 9.53. The van der Waals surface area contributed by atoms with Gasteiger partial charge < -0.3 is 15.3 Å². The van der Waals surface area contributed by atoms with Crippen LogP contribution in [-0.4, -0.2) is 44.9 Å². The summed E-state index contributed by atoms with van der Waals surface area (Å²) in [5.74, 6) is -0.345. The Labute approximate surface area is 155 Å². The molecule has 0 aromatic carbocycles. The van der Waals surface area contributed by atoms with Gasteiger partial charge in [0.15, 0.2) is 0 Å². The van der Waals surface area contributed by atoms with Crippen LogP contribution in [0.3, 0.4) is 0 Å². The van der Waals surface area contributed by atoms with Crippen molar-refractivity contribution in [3.8, 4) is 0 Å². The Balaban J connectivity index is 2.11. The van der Waals surface area contributed by atoms with Gasteiger partial charge in [0.2, 0.25) is 0 Å². The van der Waals surface area contributed by atoms with Gasteiger partial charge in [-0.15, -0.1) is 0 Å². The maximum absolute atomic E-state index is 12.7. The molecule has 1 aromatic rings. The van der Waals surface area contributed by atoms with E-state index >= 15 is 0 Å². The highest BCUT2D eigenvalue weighted by atomic mass is 16.4. The lowest BCUT2D eigenvalue weighted by Gasteiger charge is -2.34. The van der Waals surface area contributed by atoms with Crippen molar-refractivity contribution in [3.63, 3.8) is 0 Å². The molecular formula is C19H32N4O3. The number of urea groups is 1. The second kappa shape index (κ2) is 8.56. The lowest BCUT2D eigenvalue weighted by atomic mass is 9.91. The smallest absolute Gasteiger partial charge is 0.321 e. The molecule has 146 valence electrons. The number of carboxylic acids is 1. The molecule has 7 nitrogen and oxygen atoms in total. The van der Waals surface area contributed by atoms with Crippen LogP contribution >= 0.6 is 0 Å². The molecule has 1 fully saturated rings. The summed E-state index contributed by atoms with van der Waals surface area (Å²) in [4.78, 5) is 25.7. The Bertz CT molecular complexity index is 639. The molecule has 0 bridgehead atoms. The maximum Gasteiger partial charge on any atom is 0.321 e. The Morgan fingerprint density at radius 3 is 2.58 bits per heavy atom. The summed E-state index contributed by atoms with van der Waals surface area (Å²) in [6.45, 7) is 12.2. The number of carbonyl (C=O) groups is 2. The lowest BCUT2D eigenvalue weighted by Crippen LogP contribution is -2.47. The molecule has 1 aromatic heterocycles. The van der Waals surface area contributed by atoms with Crippen LogP contribution in [0.15, 0.2) is 6.20 Å². The number of amides is 2. The third-order valence-electron chi connectivity index (χ3n) is 4.88. The molecule has 0 radical (unpaired) electrons. The Morgan fingerprint density at radius 1 is 1.31 bits per heavy atom. The fraction of sp³-hybridized carbons (Fsp3) is 0.737. The molecule has 0 spiro atoms. The molecule has 2 N–H and O–H groups in total. The SMILES string of the molecule is CC(C)CCn1ncc(NC(=O)N2CC(C)CC(C(=O)O)C2)c1C(C)C. The molecule has 26 heavy (non-hydrogen) atoms. The van der Waals surface area contributed by atoms with Gasteiger partial charge >= 0.3 is 12.0 Å². The van der Waals surface area contributed by atoms with Crippen LogP contribution in [0.5, 0.6) is 0 Å². The summed E-state index contributed by atoms with van der Waals surface area (Å²) in [5.41, 5.74) is 1.73. The number of nitrogens with one attached hydrogen (secondary N) is 1. The van der Waals surface area contributed by atoms with Crippen LogP contribution in [0.2, 0.25) is 0 Å². The van der Waals surface area contributed by atoms with E-state index in [0.29, 0.717) is 18.9 Å². The van der Waals surface area contributed by atoms with Crippen LogP contribution in [-0.2, 0) is 11.3 Å². The molecule has 2 atom stereocenters. The predicted molar refractivity (Wildman–Crippen MR) is 101 cm³/mol. The Kier molecular flexibility index (Phi) is 6.67. The van der Waals surface area contributed by atoms with E-state index in [1.807, 2.05) is 11.6 Å². The molecule has 2 heterocycles. The number of nitrogens with zero attached hydrogens (tertiary/aromatic N) is 3. The number of aliphatic carboxylic acids is 1. The summed E-state index contributed by atoms with van der Waals surface area (Å²) in [6, 6.07) is -0.242. The first kappa shape index (κ1) is 20.3. The molecule has 7 heteroatoms. The Hall–Kier alpha value is -2.05. The lowest BCUT2D eigenvalue weighted by molar-refractivity contribution is -0.143. The summed E-state index contributed by atoms with van der Waals surface area (Å²) >= 11 is 0. The van der Waals surface area contributed by atoms with E-state index in [1.54, 1.807) is 11.1 Å². The van der Waals surface area contributed by atoms with Crippen molar-refractivity contribution >= 4 is 17.7 Å². The van der Waals surface area contributed by atoms with Crippen molar-refractivity contribution in [2.75, 3.05) is 18.4 Å². The first-order valence-electron chi connectivity index (χ1n) is 9.53. The number of hydrogen-bond acceptors (Lipinski definition) is 3. The minimum atomic E-state index is -0.835. The number of likely N-dealkylation sites (tertiary alicyclic amines) is 1. The maximum atomic E-state index is 12.7. The van der Waals surface area contributed by atoms with Crippen LogP contribution < -0.4 is 5.32 Å². The van der Waals surface area contributed by atoms with Gasteiger partial charge in [-0.05, 0) is 30.6 Å². The molecule has 1 saturated heterocycles. The topological polar surface area (TPSA) is 87.5 Å². The van der Waals surface area contributed by atoms with Gasteiger partial charge in [-0.25, -0.2) is 4.79 Å². The monoisotopic (exact) mass is 364 g/mol. The third-order valence-corrected chi connectivity index (χ3v) is 4.88. The second-order valence-corrected chi connectivity index (χ2v) is 8.22. The molecule has 2 unspecified atom stereocenters. The zero-order valence-electron chi connectivity index (χ0n) is 16.5. The molecule has 1 aliphatic rings. The van der Waals surface area contributed by atoms with Crippen LogP contribution in [0.1, 0.15) is 59.1 Å². The van der Waals surface area contributed by atoms with Crippen LogP contribution in [0, 0.1) is 17.8 Å². The van der Waals surface area contributed by atoms with E-state index in [4.69, 9.17) is 0 Å². The van der Waals surface area contributed by atoms with Crippen molar-refractivity contribution in [1.82, 2.24) is 14.7 Å². The largest absolute Gasteiger partial charge is 0.481 e. The highest BCUT2D eigenvalue weighted by Crippen LogP contribution is 2.27. The highest BCUT2D eigenvalue weighted by molar-refractivity contribution is 5.90. The van der Waals surface area contributed by atoms with E-state index in [2.05, 4.69) is 38.1 Å². The molecule has 2 rings (SSSR count).